The molecule has 168 valence electrons. The van der Waals surface area contributed by atoms with Crippen LogP contribution in [-0.4, -0.2) is 70.6 Å². The van der Waals surface area contributed by atoms with Crippen LogP contribution in [0.25, 0.3) is 17.1 Å². The molecule has 2 aliphatic rings. The highest BCUT2D eigenvalue weighted by molar-refractivity contribution is 7.71. The number of nitrogens with zero attached hydrogens (tertiary/aromatic N) is 10. The predicted octanol–water partition coefficient (Wildman–Crippen LogP) is 2.57. The molecule has 3 aromatic heterocycles. The quantitative estimate of drug-likeness (QED) is 0.406. The van der Waals surface area contributed by atoms with Crippen LogP contribution in [0, 0.1) is 4.77 Å². The minimum absolute atomic E-state index is 0.454. The van der Waals surface area contributed by atoms with Gasteiger partial charge in [0.1, 0.15) is 0 Å². The average Bonchev–Trinajstić information content (AvgIpc) is 3.49. The zero-order valence-corrected chi connectivity index (χ0v) is 18.9. The molecule has 0 spiro atoms. The Morgan fingerprint density at radius 3 is 2.52 bits per heavy atom. The highest BCUT2D eigenvalue weighted by Crippen LogP contribution is 2.38. The summed E-state index contributed by atoms with van der Waals surface area (Å²) in [5.74, 6) is 1.69. The molecule has 0 atom stereocenters. The molecule has 0 bridgehead atoms. The number of hydrogen-bond acceptors (Lipinski definition) is 8. The van der Waals surface area contributed by atoms with Gasteiger partial charge in [-0.25, -0.2) is 4.68 Å². The van der Waals surface area contributed by atoms with Crippen LogP contribution in [0.2, 0.25) is 0 Å². The maximum absolute atomic E-state index is 5.83. The first kappa shape index (κ1) is 20.2. The van der Waals surface area contributed by atoms with Gasteiger partial charge in [0.2, 0.25) is 5.95 Å². The van der Waals surface area contributed by atoms with Crippen molar-refractivity contribution in [2.24, 2.45) is 0 Å². The van der Waals surface area contributed by atoms with Crippen molar-refractivity contribution < 1.29 is 0 Å². The molecule has 1 saturated heterocycles. The van der Waals surface area contributed by atoms with Gasteiger partial charge in [-0.15, -0.1) is 0 Å². The van der Waals surface area contributed by atoms with E-state index in [4.69, 9.17) is 17.3 Å². The van der Waals surface area contributed by atoms with Crippen molar-refractivity contribution in [3.05, 3.63) is 59.6 Å². The molecular formula is C22H24N10S. The van der Waals surface area contributed by atoms with Gasteiger partial charge in [-0.05, 0) is 59.8 Å². The lowest BCUT2D eigenvalue weighted by atomic mass is 10.3. The number of tetrazole rings is 1. The van der Waals surface area contributed by atoms with E-state index in [0.29, 0.717) is 12.7 Å². The van der Waals surface area contributed by atoms with Crippen LogP contribution in [0.1, 0.15) is 18.9 Å². The minimum atomic E-state index is 0.454. The van der Waals surface area contributed by atoms with Gasteiger partial charge in [0.05, 0.1) is 12.4 Å². The van der Waals surface area contributed by atoms with Crippen molar-refractivity contribution in [3.8, 4) is 17.1 Å². The van der Waals surface area contributed by atoms with E-state index in [-0.39, 0.29) is 0 Å². The lowest BCUT2D eigenvalue weighted by Gasteiger charge is -2.34. The Labute approximate surface area is 196 Å². The summed E-state index contributed by atoms with van der Waals surface area (Å²) in [6.45, 7) is 4.09. The number of para-hydroxylation sites is 1. The van der Waals surface area contributed by atoms with Gasteiger partial charge in [-0.2, -0.15) is 9.78 Å². The molecule has 1 aliphatic heterocycles. The summed E-state index contributed by atoms with van der Waals surface area (Å²) in [6, 6.07) is 14.4. The van der Waals surface area contributed by atoms with Crippen LogP contribution in [0.15, 0.2) is 54.9 Å². The SMILES string of the molecule is S=c1n(CN2CCN(c3nnnn3-c3ccccc3)CC2)nc(-c2cccnc2)n1C1CC1. The second kappa shape index (κ2) is 8.49. The molecule has 0 N–H and O–H groups in total. The van der Waals surface area contributed by atoms with E-state index in [2.05, 4.69) is 34.9 Å². The number of hydrogen-bond donors (Lipinski definition) is 0. The Balaban J connectivity index is 1.18. The zero-order chi connectivity index (χ0) is 22.2. The fraction of sp³-hybridized carbons (Fsp3) is 0.364. The highest BCUT2D eigenvalue weighted by Gasteiger charge is 2.30. The summed E-state index contributed by atoms with van der Waals surface area (Å²) in [5.41, 5.74) is 1.96. The van der Waals surface area contributed by atoms with Crippen LogP contribution in [0.4, 0.5) is 5.95 Å². The molecule has 2 fully saturated rings. The van der Waals surface area contributed by atoms with Crippen LogP contribution in [-0.2, 0) is 6.67 Å². The molecule has 10 nitrogen and oxygen atoms in total. The molecule has 1 saturated carbocycles. The second-order valence-electron chi connectivity index (χ2n) is 8.42. The van der Waals surface area contributed by atoms with Crippen LogP contribution < -0.4 is 4.90 Å². The third kappa shape index (κ3) is 3.93. The van der Waals surface area contributed by atoms with Gasteiger partial charge in [0, 0.05) is 50.2 Å². The van der Waals surface area contributed by atoms with Gasteiger partial charge in [0.25, 0.3) is 0 Å². The maximum atomic E-state index is 5.83. The number of pyridine rings is 1. The molecular weight excluding hydrogens is 436 g/mol. The number of piperazine rings is 1. The van der Waals surface area contributed by atoms with E-state index in [1.165, 1.54) is 0 Å². The van der Waals surface area contributed by atoms with Crippen molar-refractivity contribution >= 4 is 18.2 Å². The Morgan fingerprint density at radius 2 is 1.79 bits per heavy atom. The average molecular weight is 461 g/mol. The lowest BCUT2D eigenvalue weighted by Crippen LogP contribution is -2.47. The number of anilines is 1. The Kier molecular flexibility index (Phi) is 5.19. The second-order valence-corrected chi connectivity index (χ2v) is 8.79. The van der Waals surface area contributed by atoms with Crippen LogP contribution in [0.5, 0.6) is 0 Å². The first-order valence-corrected chi connectivity index (χ1v) is 11.6. The predicted molar refractivity (Wildman–Crippen MR) is 125 cm³/mol. The van der Waals surface area contributed by atoms with Gasteiger partial charge in [0.15, 0.2) is 10.6 Å². The molecule has 1 aromatic carbocycles. The fourth-order valence-electron chi connectivity index (χ4n) is 4.26. The van der Waals surface area contributed by atoms with E-state index < -0.39 is 0 Å². The van der Waals surface area contributed by atoms with E-state index in [9.17, 15) is 0 Å². The largest absolute Gasteiger partial charge is 0.337 e. The summed E-state index contributed by atoms with van der Waals surface area (Å²) < 4.78 is 6.74. The summed E-state index contributed by atoms with van der Waals surface area (Å²) in [5, 5.41) is 17.3. The van der Waals surface area contributed by atoms with E-state index in [1.54, 1.807) is 10.9 Å². The van der Waals surface area contributed by atoms with Crippen molar-refractivity contribution in [1.82, 2.24) is 44.4 Å². The van der Waals surface area contributed by atoms with Crippen LogP contribution in [0.3, 0.4) is 0 Å². The van der Waals surface area contributed by atoms with Gasteiger partial charge >= 0.3 is 0 Å². The van der Waals surface area contributed by atoms with Gasteiger partial charge in [-0.3, -0.25) is 14.5 Å². The molecule has 0 radical (unpaired) electrons. The van der Waals surface area contributed by atoms with Crippen molar-refractivity contribution in [2.75, 3.05) is 31.1 Å². The molecule has 6 rings (SSSR count). The standard InChI is InChI=1S/C22H24N10S/c33-22-30(25-20(31(22)18-8-9-18)17-5-4-10-23-15-17)16-28-11-13-29(14-12-28)21-24-26-27-32(21)19-6-2-1-3-7-19/h1-7,10,15,18H,8-9,11-14,16H2. The molecule has 33 heavy (non-hydrogen) atoms. The third-order valence-electron chi connectivity index (χ3n) is 6.15. The van der Waals surface area contributed by atoms with Gasteiger partial charge < -0.3 is 4.90 Å². The van der Waals surface area contributed by atoms with Crippen molar-refractivity contribution in [2.45, 2.75) is 25.6 Å². The third-order valence-corrected chi connectivity index (χ3v) is 6.55. The van der Waals surface area contributed by atoms with E-state index >= 15 is 0 Å². The zero-order valence-electron chi connectivity index (χ0n) is 18.1. The Morgan fingerprint density at radius 1 is 0.970 bits per heavy atom. The van der Waals surface area contributed by atoms with Crippen LogP contribution >= 0.6 is 12.2 Å². The number of aromatic nitrogens is 8. The number of rotatable bonds is 6. The smallest absolute Gasteiger partial charge is 0.250 e. The summed E-state index contributed by atoms with van der Waals surface area (Å²) in [4.78, 5) is 8.87. The first-order valence-electron chi connectivity index (χ1n) is 11.2. The molecule has 1 aliphatic carbocycles. The van der Waals surface area contributed by atoms with Crippen molar-refractivity contribution in [3.63, 3.8) is 0 Å². The first-order chi connectivity index (χ1) is 16.3. The molecule has 0 unspecified atom stereocenters. The topological polar surface area (TPSA) is 85.7 Å². The Bertz CT molecular complexity index is 1280. The molecule has 0 amide bonds. The molecule has 11 heteroatoms. The minimum Gasteiger partial charge on any atom is -0.337 e. The molecule has 4 aromatic rings. The monoisotopic (exact) mass is 460 g/mol. The maximum Gasteiger partial charge on any atom is 0.250 e. The Hall–Kier alpha value is -3.44. The fourth-order valence-corrected chi connectivity index (χ4v) is 4.59. The summed E-state index contributed by atoms with van der Waals surface area (Å²) >= 11 is 5.83. The summed E-state index contributed by atoms with van der Waals surface area (Å²) in [6.07, 6.45) is 5.95. The van der Waals surface area contributed by atoms with E-state index in [1.807, 2.05) is 53.3 Å². The van der Waals surface area contributed by atoms with Crippen molar-refractivity contribution in [1.29, 1.82) is 0 Å². The lowest BCUT2D eigenvalue weighted by molar-refractivity contribution is 0.193. The van der Waals surface area contributed by atoms with Gasteiger partial charge in [-0.1, -0.05) is 23.3 Å². The highest BCUT2D eigenvalue weighted by atomic mass is 32.1. The van der Waals surface area contributed by atoms with E-state index in [0.717, 1.165) is 66.8 Å². The molecule has 4 heterocycles. The summed E-state index contributed by atoms with van der Waals surface area (Å²) in [7, 11) is 0. The normalized spacial score (nSPS) is 16.9. The number of benzene rings is 1.